The third-order valence-corrected chi connectivity index (χ3v) is 5.52. The van der Waals surface area contributed by atoms with Crippen LogP contribution in [0.5, 0.6) is 0 Å². The number of hydrogen-bond donors (Lipinski definition) is 1. The topological polar surface area (TPSA) is 58.6 Å². The zero-order valence-corrected chi connectivity index (χ0v) is 19.3. The maximum atomic E-state index is 12.5. The van der Waals surface area contributed by atoms with Crippen molar-refractivity contribution in [1.29, 1.82) is 0 Å². The number of halogens is 1. The Morgan fingerprint density at radius 1 is 1.17 bits per heavy atom. The van der Waals surface area contributed by atoms with Crippen LogP contribution in [0, 0.1) is 5.92 Å². The second kappa shape index (κ2) is 10.5. The number of ether oxygens (including phenoxy) is 1. The van der Waals surface area contributed by atoms with Gasteiger partial charge in [-0.3, -0.25) is 4.79 Å². The molecule has 1 amide bonds. The van der Waals surface area contributed by atoms with Gasteiger partial charge in [0, 0.05) is 17.9 Å². The second-order valence-electron chi connectivity index (χ2n) is 7.00. The normalized spacial score (nSPS) is 11.7. The van der Waals surface area contributed by atoms with Crippen molar-refractivity contribution in [1.82, 2.24) is 4.90 Å². The quantitative estimate of drug-likeness (QED) is 0.447. The van der Waals surface area contributed by atoms with Crippen LogP contribution in [0.15, 0.2) is 53.0 Å². The molecule has 0 spiro atoms. The minimum absolute atomic E-state index is 0.0564. The molecule has 0 bridgehead atoms. The summed E-state index contributed by atoms with van der Waals surface area (Å²) in [5.41, 5.74) is 2.09. The van der Waals surface area contributed by atoms with Gasteiger partial charge in [0.1, 0.15) is 4.99 Å². The van der Waals surface area contributed by atoms with E-state index in [9.17, 15) is 9.59 Å². The number of hydrogen-bond acceptors (Lipinski definition) is 4. The van der Waals surface area contributed by atoms with Gasteiger partial charge in [0.05, 0.1) is 24.4 Å². The van der Waals surface area contributed by atoms with Gasteiger partial charge in [-0.05, 0) is 45.6 Å². The van der Waals surface area contributed by atoms with Gasteiger partial charge in [0.2, 0.25) is 5.91 Å². The van der Waals surface area contributed by atoms with E-state index in [4.69, 9.17) is 17.0 Å². The molecule has 29 heavy (non-hydrogen) atoms. The lowest BCUT2D eigenvalue weighted by atomic mass is 10.0. The zero-order chi connectivity index (χ0) is 21.6. The number of nitrogens with zero attached hydrogens (tertiary/aromatic N) is 1. The standard InChI is InChI=1S/C22H25BrN2O3S/c1-14(2)20(25(15(3)26)13-16-8-6-5-7-9-16)21(29)24-19-12-17(22(27)28-4)10-11-18(19)23/h5-12,14,20H,13H2,1-4H3,(H,24,29). The molecule has 1 N–H and O–H groups in total. The molecule has 0 aliphatic carbocycles. The summed E-state index contributed by atoms with van der Waals surface area (Å²) >= 11 is 9.18. The summed E-state index contributed by atoms with van der Waals surface area (Å²) in [4.78, 5) is 26.6. The van der Waals surface area contributed by atoms with Gasteiger partial charge >= 0.3 is 5.97 Å². The Balaban J connectivity index is 2.30. The lowest BCUT2D eigenvalue weighted by molar-refractivity contribution is -0.131. The van der Waals surface area contributed by atoms with Crippen LogP contribution in [-0.4, -0.2) is 34.9 Å². The first kappa shape index (κ1) is 23.0. The van der Waals surface area contributed by atoms with Gasteiger partial charge in [-0.25, -0.2) is 4.79 Å². The molecular weight excluding hydrogens is 452 g/mol. The van der Waals surface area contributed by atoms with Crippen molar-refractivity contribution in [3.63, 3.8) is 0 Å². The third-order valence-electron chi connectivity index (χ3n) is 4.48. The van der Waals surface area contributed by atoms with E-state index in [0.29, 0.717) is 22.8 Å². The van der Waals surface area contributed by atoms with E-state index < -0.39 is 5.97 Å². The molecule has 2 aromatic carbocycles. The summed E-state index contributed by atoms with van der Waals surface area (Å²) in [5, 5.41) is 3.22. The van der Waals surface area contributed by atoms with Crippen molar-refractivity contribution < 1.29 is 14.3 Å². The van der Waals surface area contributed by atoms with Gasteiger partial charge < -0.3 is 15.0 Å². The molecule has 5 nitrogen and oxygen atoms in total. The minimum atomic E-state index is -0.429. The van der Waals surface area contributed by atoms with Gasteiger partial charge in [-0.1, -0.05) is 56.4 Å². The zero-order valence-electron chi connectivity index (χ0n) is 16.9. The predicted octanol–water partition coefficient (Wildman–Crippen LogP) is 5.05. The van der Waals surface area contributed by atoms with Crippen LogP contribution in [0.1, 0.15) is 36.7 Å². The largest absolute Gasteiger partial charge is 0.465 e. The van der Waals surface area contributed by atoms with E-state index in [1.165, 1.54) is 7.11 Å². The Morgan fingerprint density at radius 3 is 2.38 bits per heavy atom. The highest BCUT2D eigenvalue weighted by Gasteiger charge is 2.28. The lowest BCUT2D eigenvalue weighted by Gasteiger charge is -2.35. The molecule has 1 unspecified atom stereocenters. The predicted molar refractivity (Wildman–Crippen MR) is 123 cm³/mol. The summed E-state index contributed by atoms with van der Waals surface area (Å²) in [6, 6.07) is 14.6. The molecule has 0 fully saturated rings. The van der Waals surface area contributed by atoms with Crippen LogP contribution in [0.25, 0.3) is 0 Å². The number of thiocarbonyl (C=S) groups is 1. The summed E-state index contributed by atoms with van der Waals surface area (Å²) < 4.78 is 5.55. The average Bonchev–Trinajstić information content (AvgIpc) is 2.69. The van der Waals surface area contributed by atoms with E-state index >= 15 is 0 Å². The fraction of sp³-hybridized carbons (Fsp3) is 0.318. The van der Waals surface area contributed by atoms with Crippen molar-refractivity contribution in [3.05, 3.63) is 64.1 Å². The van der Waals surface area contributed by atoms with Crippen LogP contribution >= 0.6 is 28.1 Å². The van der Waals surface area contributed by atoms with Crippen LogP contribution in [0.3, 0.4) is 0 Å². The first-order valence-electron chi connectivity index (χ1n) is 9.24. The van der Waals surface area contributed by atoms with E-state index in [0.717, 1.165) is 10.0 Å². The number of amides is 1. The highest BCUT2D eigenvalue weighted by molar-refractivity contribution is 9.10. The third kappa shape index (κ3) is 6.11. The second-order valence-corrected chi connectivity index (χ2v) is 8.29. The molecular formula is C22H25BrN2O3S. The number of anilines is 1. The van der Waals surface area contributed by atoms with Crippen LogP contribution in [0.2, 0.25) is 0 Å². The Kier molecular flexibility index (Phi) is 8.34. The van der Waals surface area contributed by atoms with Gasteiger partial charge in [-0.15, -0.1) is 0 Å². The number of carbonyl (C=O) groups excluding carboxylic acids is 2. The molecule has 1 atom stereocenters. The molecule has 0 aliphatic rings. The number of methoxy groups -OCH3 is 1. The Morgan fingerprint density at radius 2 is 1.83 bits per heavy atom. The molecule has 0 aromatic heterocycles. The molecule has 0 aliphatic heterocycles. The Labute approximate surface area is 185 Å². The molecule has 0 saturated heterocycles. The van der Waals surface area contributed by atoms with E-state index in [1.54, 1.807) is 30.0 Å². The fourth-order valence-electron chi connectivity index (χ4n) is 3.06. The number of nitrogens with one attached hydrogen (secondary N) is 1. The molecule has 0 heterocycles. The van der Waals surface area contributed by atoms with Gasteiger partial charge in [0.25, 0.3) is 0 Å². The van der Waals surface area contributed by atoms with Gasteiger partial charge in [-0.2, -0.15) is 0 Å². The Bertz CT molecular complexity index is 887. The van der Waals surface area contributed by atoms with Crippen LogP contribution in [0.4, 0.5) is 5.69 Å². The highest BCUT2D eigenvalue weighted by atomic mass is 79.9. The molecule has 0 radical (unpaired) electrons. The van der Waals surface area contributed by atoms with Crippen molar-refractivity contribution >= 4 is 50.7 Å². The first-order valence-corrected chi connectivity index (χ1v) is 10.4. The van der Waals surface area contributed by atoms with Crippen molar-refractivity contribution in [2.24, 2.45) is 5.92 Å². The monoisotopic (exact) mass is 476 g/mol. The van der Waals surface area contributed by atoms with E-state index in [-0.39, 0.29) is 17.9 Å². The van der Waals surface area contributed by atoms with Gasteiger partial charge in [0.15, 0.2) is 0 Å². The molecule has 0 saturated carbocycles. The van der Waals surface area contributed by atoms with Crippen molar-refractivity contribution in [2.75, 3.05) is 12.4 Å². The lowest BCUT2D eigenvalue weighted by Crippen LogP contribution is -2.48. The summed E-state index contributed by atoms with van der Waals surface area (Å²) in [6.07, 6.45) is 0. The van der Waals surface area contributed by atoms with E-state index in [2.05, 4.69) is 21.2 Å². The molecule has 2 rings (SSSR count). The Hall–Kier alpha value is -2.25. The van der Waals surface area contributed by atoms with E-state index in [1.807, 2.05) is 44.2 Å². The number of benzene rings is 2. The minimum Gasteiger partial charge on any atom is -0.465 e. The number of esters is 1. The first-order chi connectivity index (χ1) is 13.7. The summed E-state index contributed by atoms with van der Waals surface area (Å²) in [7, 11) is 1.34. The smallest absolute Gasteiger partial charge is 0.337 e. The van der Waals surface area contributed by atoms with Crippen LogP contribution < -0.4 is 5.32 Å². The summed E-state index contributed by atoms with van der Waals surface area (Å²) in [6.45, 7) is 6.07. The molecule has 154 valence electrons. The SMILES string of the molecule is COC(=O)c1ccc(Br)c(NC(=S)C(C(C)C)N(Cc2ccccc2)C(C)=O)c1. The summed E-state index contributed by atoms with van der Waals surface area (Å²) in [5.74, 6) is -0.398. The van der Waals surface area contributed by atoms with Crippen LogP contribution in [-0.2, 0) is 16.1 Å². The number of carbonyl (C=O) groups is 2. The van der Waals surface area contributed by atoms with Crippen molar-refractivity contribution in [3.8, 4) is 0 Å². The maximum absolute atomic E-state index is 12.5. The molecule has 7 heteroatoms. The maximum Gasteiger partial charge on any atom is 0.337 e. The average molecular weight is 477 g/mol. The highest BCUT2D eigenvalue weighted by Crippen LogP contribution is 2.26. The molecule has 2 aromatic rings. The fourth-order valence-corrected chi connectivity index (χ4v) is 3.92. The van der Waals surface area contributed by atoms with Crippen molar-refractivity contribution in [2.45, 2.75) is 33.4 Å². The number of rotatable bonds is 7.